The van der Waals surface area contributed by atoms with Gasteiger partial charge < -0.3 is 14.7 Å². The number of aryl methyl sites for hydroxylation is 1. The largest absolute Gasteiger partial charge is 0.379 e. The van der Waals surface area contributed by atoms with Crippen LogP contribution in [0.5, 0.6) is 0 Å². The fourth-order valence-corrected chi connectivity index (χ4v) is 2.55. The lowest BCUT2D eigenvalue weighted by Gasteiger charge is -2.20. The smallest absolute Gasteiger partial charge is 0.267 e. The molecule has 2 aromatic rings. The Morgan fingerprint density at radius 3 is 3.12 bits per heavy atom. The predicted octanol–water partition coefficient (Wildman–Crippen LogP) is 2.11. The molecule has 126 valence electrons. The molecule has 0 bridgehead atoms. The lowest BCUT2D eigenvalue weighted by Crippen LogP contribution is -2.45. The van der Waals surface area contributed by atoms with Gasteiger partial charge >= 0.3 is 0 Å². The molecule has 1 aliphatic heterocycles. The molecular weight excluding hydrogens is 311 g/mol. The molecule has 1 amide bonds. The zero-order chi connectivity index (χ0) is 17.0. The van der Waals surface area contributed by atoms with E-state index < -0.39 is 5.60 Å². The highest BCUT2D eigenvalue weighted by Gasteiger charge is 2.42. The molecule has 2 heterocycles. The first-order valence-corrected chi connectivity index (χ1v) is 7.82. The lowest BCUT2D eigenvalue weighted by molar-refractivity contribution is -0.141. The van der Waals surface area contributed by atoms with E-state index in [1.807, 2.05) is 10.8 Å². The molecule has 1 atom stereocenters. The van der Waals surface area contributed by atoms with E-state index in [4.69, 9.17) is 4.84 Å². The van der Waals surface area contributed by atoms with E-state index in [0.717, 1.165) is 13.0 Å². The van der Waals surface area contributed by atoms with Crippen LogP contribution < -0.4 is 5.32 Å². The van der Waals surface area contributed by atoms with Crippen molar-refractivity contribution in [2.45, 2.75) is 31.9 Å². The molecule has 1 N–H and O–H groups in total. The highest BCUT2D eigenvalue weighted by Crippen LogP contribution is 2.27. The second-order valence-electron chi connectivity index (χ2n) is 5.96. The Hall–Kier alpha value is -2.70. The van der Waals surface area contributed by atoms with Crippen LogP contribution in [0.25, 0.3) is 0 Å². The highest BCUT2D eigenvalue weighted by atomic mass is 19.1. The van der Waals surface area contributed by atoms with Crippen LogP contribution in [0.1, 0.15) is 25.3 Å². The van der Waals surface area contributed by atoms with Crippen molar-refractivity contribution in [3.05, 3.63) is 54.4 Å². The summed E-state index contributed by atoms with van der Waals surface area (Å²) in [7, 11) is 0. The first kappa shape index (κ1) is 16.2. The van der Waals surface area contributed by atoms with Crippen molar-refractivity contribution in [1.29, 1.82) is 0 Å². The topological polar surface area (TPSA) is 68.5 Å². The van der Waals surface area contributed by atoms with Crippen LogP contribution in [-0.2, 0) is 16.2 Å². The number of amides is 1. The minimum atomic E-state index is -1.06. The van der Waals surface area contributed by atoms with Crippen LogP contribution in [0.2, 0.25) is 0 Å². The maximum atomic E-state index is 13.3. The van der Waals surface area contributed by atoms with Crippen molar-refractivity contribution >= 4 is 11.6 Å². The number of oxime groups is 1. The first-order chi connectivity index (χ1) is 11.6. The van der Waals surface area contributed by atoms with E-state index in [2.05, 4.69) is 15.5 Å². The zero-order valence-corrected chi connectivity index (χ0v) is 13.4. The molecule has 0 fully saturated rings. The summed E-state index contributed by atoms with van der Waals surface area (Å²) in [5, 5.41) is 6.83. The van der Waals surface area contributed by atoms with Crippen LogP contribution in [0.4, 0.5) is 4.39 Å². The van der Waals surface area contributed by atoms with Gasteiger partial charge in [0.25, 0.3) is 5.91 Å². The number of benzene rings is 1. The minimum Gasteiger partial charge on any atom is -0.379 e. The van der Waals surface area contributed by atoms with E-state index in [1.165, 1.54) is 12.1 Å². The van der Waals surface area contributed by atoms with Gasteiger partial charge in [-0.15, -0.1) is 0 Å². The number of rotatable bonds is 6. The number of halogens is 1. The Balaban J connectivity index is 1.50. The van der Waals surface area contributed by atoms with Gasteiger partial charge in [-0.3, -0.25) is 4.79 Å². The molecule has 24 heavy (non-hydrogen) atoms. The van der Waals surface area contributed by atoms with Gasteiger partial charge in [-0.1, -0.05) is 17.3 Å². The Bertz CT molecular complexity index is 745. The van der Waals surface area contributed by atoms with Crippen molar-refractivity contribution in [3.63, 3.8) is 0 Å². The Morgan fingerprint density at radius 1 is 1.50 bits per heavy atom. The number of nitrogens with one attached hydrogen (secondary N) is 1. The van der Waals surface area contributed by atoms with Gasteiger partial charge in [0.1, 0.15) is 5.82 Å². The lowest BCUT2D eigenvalue weighted by atomic mass is 9.95. The second kappa shape index (κ2) is 6.82. The third-order valence-corrected chi connectivity index (χ3v) is 3.94. The summed E-state index contributed by atoms with van der Waals surface area (Å²) in [4.78, 5) is 21.7. The maximum Gasteiger partial charge on any atom is 0.267 e. The molecule has 0 radical (unpaired) electrons. The average molecular weight is 330 g/mol. The maximum absolute atomic E-state index is 13.3. The third kappa shape index (κ3) is 3.61. The zero-order valence-electron chi connectivity index (χ0n) is 13.4. The summed E-state index contributed by atoms with van der Waals surface area (Å²) in [6, 6.07) is 6.11. The summed E-state index contributed by atoms with van der Waals surface area (Å²) < 4.78 is 15.3. The Labute approximate surface area is 139 Å². The summed E-state index contributed by atoms with van der Waals surface area (Å²) >= 11 is 0. The number of carbonyl (C=O) groups is 1. The molecular formula is C17H19FN4O2. The van der Waals surface area contributed by atoms with Crippen molar-refractivity contribution in [2.75, 3.05) is 6.54 Å². The number of aromatic nitrogens is 2. The van der Waals surface area contributed by atoms with Gasteiger partial charge in [0, 0.05) is 37.5 Å². The molecule has 3 rings (SSSR count). The normalized spacial score (nSPS) is 19.7. The molecule has 1 aromatic heterocycles. The fraction of sp³-hybridized carbons (Fsp3) is 0.353. The third-order valence-electron chi connectivity index (χ3n) is 3.94. The number of carbonyl (C=O) groups excluding carboxylic acids is 1. The highest BCUT2D eigenvalue weighted by molar-refractivity contribution is 6.05. The Morgan fingerprint density at radius 2 is 2.38 bits per heavy atom. The Kier molecular flexibility index (Phi) is 4.59. The molecule has 0 saturated heterocycles. The number of imidazole rings is 1. The van der Waals surface area contributed by atoms with Gasteiger partial charge in [0.05, 0.1) is 12.0 Å². The average Bonchev–Trinajstić information content (AvgIpc) is 3.22. The van der Waals surface area contributed by atoms with Crippen molar-refractivity contribution in [1.82, 2.24) is 14.9 Å². The standard InChI is InChI=1S/C17H19FN4O2/c1-17(16(23)20-6-3-8-22-9-7-19-12-22)11-15(21-24-17)13-4-2-5-14(18)10-13/h2,4-5,7,9-10,12H,3,6,8,11H2,1H3,(H,20,23). The summed E-state index contributed by atoms with van der Waals surface area (Å²) in [5.41, 5.74) is 0.147. The predicted molar refractivity (Wildman–Crippen MR) is 86.9 cm³/mol. The number of nitrogens with zero attached hydrogens (tertiary/aromatic N) is 3. The van der Waals surface area contributed by atoms with Gasteiger partial charge in [0.2, 0.25) is 5.60 Å². The molecule has 1 unspecified atom stereocenters. The number of hydrogen-bond acceptors (Lipinski definition) is 4. The first-order valence-electron chi connectivity index (χ1n) is 7.82. The van der Waals surface area contributed by atoms with Gasteiger partial charge in [-0.2, -0.15) is 0 Å². The number of hydrogen-bond donors (Lipinski definition) is 1. The van der Waals surface area contributed by atoms with E-state index in [0.29, 0.717) is 24.2 Å². The van der Waals surface area contributed by atoms with Crippen LogP contribution in [0.3, 0.4) is 0 Å². The molecule has 1 aliphatic rings. The molecule has 0 spiro atoms. The van der Waals surface area contributed by atoms with Crippen LogP contribution in [-0.4, -0.2) is 33.3 Å². The summed E-state index contributed by atoms with van der Waals surface area (Å²) in [5.74, 6) is -0.559. The monoisotopic (exact) mass is 330 g/mol. The molecule has 6 nitrogen and oxygen atoms in total. The van der Waals surface area contributed by atoms with Gasteiger partial charge in [0.15, 0.2) is 0 Å². The quantitative estimate of drug-likeness (QED) is 0.825. The van der Waals surface area contributed by atoms with Crippen LogP contribution >= 0.6 is 0 Å². The molecule has 0 aliphatic carbocycles. The van der Waals surface area contributed by atoms with Crippen molar-refractivity contribution < 1.29 is 14.0 Å². The van der Waals surface area contributed by atoms with Crippen molar-refractivity contribution in [3.8, 4) is 0 Å². The molecule has 1 aromatic carbocycles. The van der Waals surface area contributed by atoms with Gasteiger partial charge in [-0.25, -0.2) is 9.37 Å². The van der Waals surface area contributed by atoms with E-state index in [9.17, 15) is 9.18 Å². The molecule has 0 saturated carbocycles. The summed E-state index contributed by atoms with van der Waals surface area (Å²) in [6.45, 7) is 3.00. The van der Waals surface area contributed by atoms with Crippen LogP contribution in [0.15, 0.2) is 48.1 Å². The van der Waals surface area contributed by atoms with Crippen LogP contribution in [0, 0.1) is 5.82 Å². The summed E-state index contributed by atoms with van der Waals surface area (Å²) in [6.07, 6.45) is 6.43. The minimum absolute atomic E-state index is 0.219. The van der Waals surface area contributed by atoms with Crippen molar-refractivity contribution in [2.24, 2.45) is 5.16 Å². The van der Waals surface area contributed by atoms with Gasteiger partial charge in [-0.05, 0) is 25.5 Å². The second-order valence-corrected chi connectivity index (χ2v) is 5.96. The van der Waals surface area contributed by atoms with E-state index in [1.54, 1.807) is 31.6 Å². The van der Waals surface area contributed by atoms with E-state index in [-0.39, 0.29) is 11.7 Å². The molecule has 7 heteroatoms. The fourth-order valence-electron chi connectivity index (χ4n) is 2.55. The SMILES string of the molecule is CC1(C(=O)NCCCn2ccnc2)CC(c2cccc(F)c2)=NO1. The van der Waals surface area contributed by atoms with E-state index >= 15 is 0 Å².